The minimum absolute atomic E-state index is 0.108. The second-order valence-electron chi connectivity index (χ2n) is 5.91. The van der Waals surface area contributed by atoms with Gasteiger partial charge in [-0.25, -0.2) is 9.69 Å². The molecule has 2 aromatic carbocycles. The highest BCUT2D eigenvalue weighted by Crippen LogP contribution is 2.43. The quantitative estimate of drug-likeness (QED) is 0.641. The van der Waals surface area contributed by atoms with Crippen LogP contribution in [0.4, 0.5) is 18.9 Å². The summed E-state index contributed by atoms with van der Waals surface area (Å²) >= 11 is 0. The van der Waals surface area contributed by atoms with E-state index in [1.807, 2.05) is 0 Å². The van der Waals surface area contributed by atoms with E-state index in [0.29, 0.717) is 0 Å². The van der Waals surface area contributed by atoms with Gasteiger partial charge < -0.3 is 10.1 Å². The smallest absolute Gasteiger partial charge is 0.442 e. The number of ether oxygens (including phenoxy) is 1. The summed E-state index contributed by atoms with van der Waals surface area (Å²) in [6, 6.07) is 12.3. The van der Waals surface area contributed by atoms with Gasteiger partial charge >= 0.3 is 17.8 Å². The fraction of sp³-hybridized carbons (Fsp3) is 0.211. The molecule has 0 aliphatic carbocycles. The lowest BCUT2D eigenvalue weighted by Gasteiger charge is -2.45. The number of anilines is 1. The molecule has 1 N–H and O–H groups in total. The van der Waals surface area contributed by atoms with E-state index in [1.165, 1.54) is 55.5 Å². The van der Waals surface area contributed by atoms with E-state index < -0.39 is 29.6 Å². The maximum atomic E-state index is 14.3. The van der Waals surface area contributed by atoms with Crippen LogP contribution >= 0.6 is 0 Å². The van der Waals surface area contributed by atoms with Crippen molar-refractivity contribution in [2.24, 2.45) is 0 Å². The lowest BCUT2D eigenvalue weighted by atomic mass is 9.97. The number of hydrogen-bond donors (Lipinski definition) is 1. The number of halogens is 3. The number of amides is 2. The molecule has 0 unspecified atom stereocenters. The van der Waals surface area contributed by atoms with Gasteiger partial charge in [0.1, 0.15) is 0 Å². The molecule has 1 aliphatic heterocycles. The van der Waals surface area contributed by atoms with Crippen molar-refractivity contribution in [3.8, 4) is 0 Å². The summed E-state index contributed by atoms with van der Waals surface area (Å²) in [6.07, 6.45) is -5.35. The van der Waals surface area contributed by atoms with Crippen LogP contribution in [0.3, 0.4) is 0 Å². The third-order valence-corrected chi connectivity index (χ3v) is 4.22. The standard InChI is InChI=1S/C19H15F3N2O4/c1-2-28-17(27)18(19(20,21)22)23-14-11-7-6-10-13(14)16(26)24(18)15(25)12-8-4-3-5-9-12/h3-11,23H,2H2,1H3/t18-/m1/s1. The molecule has 0 aromatic heterocycles. The first-order valence-corrected chi connectivity index (χ1v) is 8.29. The minimum Gasteiger partial charge on any atom is -0.463 e. The zero-order valence-electron chi connectivity index (χ0n) is 14.6. The third-order valence-electron chi connectivity index (χ3n) is 4.22. The van der Waals surface area contributed by atoms with E-state index in [9.17, 15) is 27.6 Å². The zero-order chi connectivity index (χ0) is 20.5. The molecule has 3 rings (SSSR count). The van der Waals surface area contributed by atoms with Crippen molar-refractivity contribution >= 4 is 23.5 Å². The summed E-state index contributed by atoms with van der Waals surface area (Å²) in [4.78, 5) is 38.3. The van der Waals surface area contributed by atoms with Gasteiger partial charge in [-0.1, -0.05) is 30.3 Å². The van der Waals surface area contributed by atoms with Gasteiger partial charge in [-0.3, -0.25) is 9.59 Å². The van der Waals surface area contributed by atoms with Crippen LogP contribution in [0.5, 0.6) is 0 Å². The van der Waals surface area contributed by atoms with Crippen LogP contribution in [-0.2, 0) is 9.53 Å². The number of para-hydroxylation sites is 1. The largest absolute Gasteiger partial charge is 0.463 e. The first-order chi connectivity index (χ1) is 13.2. The van der Waals surface area contributed by atoms with Crippen LogP contribution in [0.25, 0.3) is 0 Å². The number of esters is 1. The summed E-state index contributed by atoms with van der Waals surface area (Å²) in [6.45, 7) is 0.950. The van der Waals surface area contributed by atoms with E-state index in [2.05, 4.69) is 10.1 Å². The number of benzene rings is 2. The number of fused-ring (bicyclic) bond motifs is 1. The predicted octanol–water partition coefficient (Wildman–Crippen LogP) is 3.22. The number of nitrogens with zero attached hydrogens (tertiary/aromatic N) is 1. The average molecular weight is 392 g/mol. The van der Waals surface area contributed by atoms with E-state index in [4.69, 9.17) is 0 Å². The van der Waals surface area contributed by atoms with Crippen molar-refractivity contribution in [1.29, 1.82) is 0 Å². The van der Waals surface area contributed by atoms with Gasteiger partial charge in [-0.2, -0.15) is 13.2 Å². The van der Waals surface area contributed by atoms with Crippen LogP contribution < -0.4 is 5.32 Å². The fourth-order valence-corrected chi connectivity index (χ4v) is 2.95. The summed E-state index contributed by atoms with van der Waals surface area (Å²) in [5.41, 5.74) is -4.28. The Bertz CT molecular complexity index is 930. The van der Waals surface area contributed by atoms with Crippen molar-refractivity contribution in [2.75, 3.05) is 11.9 Å². The molecule has 2 aromatic rings. The molecule has 0 fully saturated rings. The van der Waals surface area contributed by atoms with Crippen molar-refractivity contribution in [2.45, 2.75) is 18.8 Å². The molecule has 0 saturated heterocycles. The van der Waals surface area contributed by atoms with Gasteiger partial charge in [-0.05, 0) is 31.2 Å². The molecule has 0 bridgehead atoms. The molecule has 1 heterocycles. The Balaban J connectivity index is 2.28. The SMILES string of the molecule is CCOC(=O)[C@@]1(C(F)(F)F)Nc2ccccc2C(=O)N1C(=O)c1ccccc1. The molecular weight excluding hydrogens is 377 g/mol. The minimum atomic E-state index is -5.35. The topological polar surface area (TPSA) is 75.7 Å². The Hall–Kier alpha value is -3.36. The summed E-state index contributed by atoms with van der Waals surface area (Å²) < 4.78 is 47.4. The lowest BCUT2D eigenvalue weighted by molar-refractivity contribution is -0.221. The molecule has 146 valence electrons. The highest BCUT2D eigenvalue weighted by molar-refractivity contribution is 6.17. The Morgan fingerprint density at radius 2 is 1.68 bits per heavy atom. The molecule has 0 spiro atoms. The number of rotatable bonds is 3. The van der Waals surface area contributed by atoms with Crippen molar-refractivity contribution in [3.05, 3.63) is 65.7 Å². The number of imide groups is 1. The van der Waals surface area contributed by atoms with E-state index in [1.54, 1.807) is 6.07 Å². The number of nitrogens with one attached hydrogen (secondary N) is 1. The van der Waals surface area contributed by atoms with Gasteiger partial charge in [0, 0.05) is 11.3 Å². The van der Waals surface area contributed by atoms with Gasteiger partial charge in [0.15, 0.2) is 0 Å². The van der Waals surface area contributed by atoms with Gasteiger partial charge in [0.2, 0.25) is 0 Å². The molecule has 1 aliphatic rings. The molecule has 0 saturated carbocycles. The monoisotopic (exact) mass is 392 g/mol. The van der Waals surface area contributed by atoms with Crippen LogP contribution in [0.1, 0.15) is 27.6 Å². The summed E-state index contributed by atoms with van der Waals surface area (Å²) in [5.74, 6) is -4.33. The fourth-order valence-electron chi connectivity index (χ4n) is 2.95. The summed E-state index contributed by atoms with van der Waals surface area (Å²) in [5, 5.41) is 2.05. The van der Waals surface area contributed by atoms with Crippen molar-refractivity contribution < 1.29 is 32.3 Å². The first-order valence-electron chi connectivity index (χ1n) is 8.29. The highest BCUT2D eigenvalue weighted by Gasteiger charge is 2.71. The van der Waals surface area contributed by atoms with E-state index in [-0.39, 0.29) is 28.3 Å². The number of carbonyl (C=O) groups is 3. The van der Waals surface area contributed by atoms with Crippen LogP contribution in [0, 0.1) is 0 Å². The maximum Gasteiger partial charge on any atom is 0.442 e. The molecule has 1 atom stereocenters. The Kier molecular flexibility index (Phi) is 4.84. The Labute approximate surface area is 157 Å². The number of carbonyl (C=O) groups excluding carboxylic acids is 3. The predicted molar refractivity (Wildman–Crippen MR) is 92.4 cm³/mol. The molecule has 9 heteroatoms. The zero-order valence-corrected chi connectivity index (χ0v) is 14.6. The average Bonchev–Trinajstić information content (AvgIpc) is 2.67. The van der Waals surface area contributed by atoms with E-state index in [0.717, 1.165) is 0 Å². The molecule has 28 heavy (non-hydrogen) atoms. The van der Waals surface area contributed by atoms with Crippen LogP contribution in [0.2, 0.25) is 0 Å². The highest BCUT2D eigenvalue weighted by atomic mass is 19.4. The molecule has 0 radical (unpaired) electrons. The Morgan fingerprint density at radius 1 is 1.07 bits per heavy atom. The van der Waals surface area contributed by atoms with Gasteiger partial charge in [0.25, 0.3) is 11.8 Å². The first kappa shape index (κ1) is 19.4. The summed E-state index contributed by atoms with van der Waals surface area (Å²) in [7, 11) is 0. The number of alkyl halides is 3. The van der Waals surface area contributed by atoms with Gasteiger partial charge in [-0.15, -0.1) is 0 Å². The molecular formula is C19H15F3N2O4. The third kappa shape index (κ3) is 2.88. The van der Waals surface area contributed by atoms with E-state index >= 15 is 0 Å². The second kappa shape index (κ2) is 6.99. The van der Waals surface area contributed by atoms with Crippen LogP contribution in [-0.4, -0.2) is 41.1 Å². The number of hydrogen-bond acceptors (Lipinski definition) is 5. The molecule has 6 nitrogen and oxygen atoms in total. The van der Waals surface area contributed by atoms with Crippen molar-refractivity contribution in [1.82, 2.24) is 4.90 Å². The molecule has 2 amide bonds. The van der Waals surface area contributed by atoms with Crippen molar-refractivity contribution in [3.63, 3.8) is 0 Å². The maximum absolute atomic E-state index is 14.3. The normalized spacial score (nSPS) is 18.9. The lowest BCUT2D eigenvalue weighted by Crippen LogP contribution is -2.73. The van der Waals surface area contributed by atoms with Gasteiger partial charge in [0.05, 0.1) is 12.2 Å². The Morgan fingerprint density at radius 3 is 2.29 bits per heavy atom. The second-order valence-corrected chi connectivity index (χ2v) is 5.91. The van der Waals surface area contributed by atoms with Crippen LogP contribution in [0.15, 0.2) is 54.6 Å².